The van der Waals surface area contributed by atoms with E-state index in [1.165, 1.54) is 11.1 Å². The van der Waals surface area contributed by atoms with E-state index < -0.39 is 0 Å². The van der Waals surface area contributed by atoms with E-state index in [-0.39, 0.29) is 0 Å². The summed E-state index contributed by atoms with van der Waals surface area (Å²) in [5.41, 5.74) is 7.59. The van der Waals surface area contributed by atoms with E-state index in [2.05, 4.69) is 54.5 Å². The van der Waals surface area contributed by atoms with Gasteiger partial charge >= 0.3 is 0 Å². The second-order valence-electron chi connectivity index (χ2n) is 5.94. The number of aldehydes is 1. The van der Waals surface area contributed by atoms with E-state index in [0.717, 1.165) is 34.4 Å². The highest BCUT2D eigenvalue weighted by molar-refractivity contribution is 5.84. The molecule has 0 saturated heterocycles. The van der Waals surface area contributed by atoms with E-state index in [0.29, 0.717) is 5.69 Å². The van der Waals surface area contributed by atoms with Crippen LogP contribution < -0.4 is 0 Å². The number of aryl methyl sites for hydroxylation is 4. The van der Waals surface area contributed by atoms with Crippen LogP contribution in [0.4, 0.5) is 0 Å². The van der Waals surface area contributed by atoms with Crippen LogP contribution in [0.3, 0.4) is 0 Å². The number of rotatable bonds is 3. The molecule has 3 aromatic rings. The van der Waals surface area contributed by atoms with Gasteiger partial charge in [-0.15, -0.1) is 5.10 Å². The normalized spacial score (nSPS) is 10.8. The summed E-state index contributed by atoms with van der Waals surface area (Å²) in [4.78, 5) is 11.4. The van der Waals surface area contributed by atoms with Crippen molar-refractivity contribution in [3.8, 4) is 16.9 Å². The van der Waals surface area contributed by atoms with Gasteiger partial charge in [0.2, 0.25) is 0 Å². The van der Waals surface area contributed by atoms with Gasteiger partial charge in [0.05, 0.1) is 5.69 Å². The van der Waals surface area contributed by atoms with E-state index in [1.807, 2.05) is 19.9 Å². The molecule has 0 saturated carbocycles. The lowest BCUT2D eigenvalue weighted by atomic mass is 10.0. The van der Waals surface area contributed by atoms with Crippen LogP contribution in [0.2, 0.25) is 0 Å². The minimum Gasteiger partial charge on any atom is -0.296 e. The molecule has 23 heavy (non-hydrogen) atoms. The van der Waals surface area contributed by atoms with Gasteiger partial charge in [0.1, 0.15) is 5.69 Å². The molecule has 4 nitrogen and oxygen atoms in total. The highest BCUT2D eigenvalue weighted by atomic mass is 16.1. The number of benzene rings is 2. The zero-order valence-corrected chi connectivity index (χ0v) is 13.8. The third-order valence-electron chi connectivity index (χ3n) is 4.18. The minimum absolute atomic E-state index is 0.356. The molecular weight excluding hydrogens is 286 g/mol. The Morgan fingerprint density at radius 1 is 0.913 bits per heavy atom. The molecule has 0 N–H and O–H groups in total. The Morgan fingerprint density at radius 3 is 2.35 bits per heavy atom. The first-order valence-electron chi connectivity index (χ1n) is 7.57. The summed E-state index contributed by atoms with van der Waals surface area (Å²) in [5, 5.41) is 8.28. The second-order valence-corrected chi connectivity index (χ2v) is 5.94. The predicted octanol–water partition coefficient (Wildman–Crippen LogP) is 3.98. The van der Waals surface area contributed by atoms with Crippen molar-refractivity contribution >= 4 is 6.29 Å². The van der Waals surface area contributed by atoms with Crippen LogP contribution in [-0.4, -0.2) is 21.3 Å². The summed E-state index contributed by atoms with van der Waals surface area (Å²) in [6, 6.07) is 12.3. The van der Waals surface area contributed by atoms with Gasteiger partial charge in [-0.25, -0.2) is 4.68 Å². The minimum atomic E-state index is 0.356. The highest BCUT2D eigenvalue weighted by Gasteiger charge is 2.17. The van der Waals surface area contributed by atoms with Gasteiger partial charge in [-0.1, -0.05) is 29.5 Å². The Labute approximate surface area is 135 Å². The molecule has 1 heterocycles. The maximum Gasteiger partial charge on any atom is 0.172 e. The van der Waals surface area contributed by atoms with Gasteiger partial charge in [-0.3, -0.25) is 4.79 Å². The molecule has 0 fully saturated rings. The van der Waals surface area contributed by atoms with Crippen molar-refractivity contribution in [2.45, 2.75) is 27.7 Å². The third-order valence-corrected chi connectivity index (χ3v) is 4.18. The van der Waals surface area contributed by atoms with Gasteiger partial charge < -0.3 is 0 Å². The predicted molar refractivity (Wildman–Crippen MR) is 91.1 cm³/mol. The molecule has 1 aromatic heterocycles. The van der Waals surface area contributed by atoms with Gasteiger partial charge in [0.15, 0.2) is 12.0 Å². The first kappa shape index (κ1) is 15.2. The number of hydrogen-bond acceptors (Lipinski definition) is 3. The molecule has 0 amide bonds. The zero-order valence-electron chi connectivity index (χ0n) is 13.8. The Kier molecular flexibility index (Phi) is 3.82. The first-order chi connectivity index (χ1) is 11.0. The van der Waals surface area contributed by atoms with Crippen molar-refractivity contribution in [2.24, 2.45) is 0 Å². The van der Waals surface area contributed by atoms with Crippen LogP contribution in [0.25, 0.3) is 16.9 Å². The molecule has 0 spiro atoms. The summed E-state index contributed by atoms with van der Waals surface area (Å²) in [6.07, 6.45) is 0.763. The summed E-state index contributed by atoms with van der Waals surface area (Å²) in [5.74, 6) is 0. The number of aromatic nitrogens is 3. The Bertz CT molecular complexity index is 894. The largest absolute Gasteiger partial charge is 0.296 e. The quantitative estimate of drug-likeness (QED) is 0.688. The van der Waals surface area contributed by atoms with Gasteiger partial charge in [-0.2, -0.15) is 0 Å². The standard InChI is InChI=1S/C19H19N3O/c1-12-5-6-14(3)18(9-12)22-19(17(11-23)20-21-22)16-8-7-13(2)15(4)10-16/h5-11H,1-4H3. The van der Waals surface area contributed by atoms with Gasteiger partial charge in [-0.05, 0) is 62.1 Å². The van der Waals surface area contributed by atoms with Gasteiger partial charge in [0.25, 0.3) is 0 Å². The van der Waals surface area contributed by atoms with Crippen molar-refractivity contribution < 1.29 is 4.79 Å². The molecule has 0 aliphatic heterocycles. The maximum absolute atomic E-state index is 11.4. The van der Waals surface area contributed by atoms with Crippen molar-refractivity contribution in [1.29, 1.82) is 0 Å². The van der Waals surface area contributed by atoms with Gasteiger partial charge in [0, 0.05) is 5.56 Å². The fraction of sp³-hybridized carbons (Fsp3) is 0.211. The van der Waals surface area contributed by atoms with E-state index in [4.69, 9.17) is 0 Å². The SMILES string of the molecule is Cc1ccc(C)c(-n2nnc(C=O)c2-c2ccc(C)c(C)c2)c1. The molecule has 0 unspecified atom stereocenters. The topological polar surface area (TPSA) is 47.8 Å². The van der Waals surface area contributed by atoms with Crippen LogP contribution in [0.15, 0.2) is 36.4 Å². The fourth-order valence-electron chi connectivity index (χ4n) is 2.65. The Morgan fingerprint density at radius 2 is 1.65 bits per heavy atom. The lowest BCUT2D eigenvalue weighted by Gasteiger charge is -2.12. The lowest BCUT2D eigenvalue weighted by molar-refractivity contribution is 0.111. The summed E-state index contributed by atoms with van der Waals surface area (Å²) >= 11 is 0. The molecule has 0 bridgehead atoms. The van der Waals surface area contributed by atoms with Crippen molar-refractivity contribution in [1.82, 2.24) is 15.0 Å². The molecular formula is C19H19N3O. The van der Waals surface area contributed by atoms with Crippen LogP contribution in [-0.2, 0) is 0 Å². The molecule has 4 heteroatoms. The van der Waals surface area contributed by atoms with E-state index in [9.17, 15) is 4.79 Å². The smallest absolute Gasteiger partial charge is 0.172 e. The number of carbonyl (C=O) groups excluding carboxylic acids is 1. The number of carbonyl (C=O) groups is 1. The van der Waals surface area contributed by atoms with Crippen molar-refractivity contribution in [3.63, 3.8) is 0 Å². The van der Waals surface area contributed by atoms with Crippen LogP contribution in [0.5, 0.6) is 0 Å². The monoisotopic (exact) mass is 305 g/mol. The highest BCUT2D eigenvalue weighted by Crippen LogP contribution is 2.28. The molecule has 3 rings (SSSR count). The van der Waals surface area contributed by atoms with E-state index in [1.54, 1.807) is 4.68 Å². The van der Waals surface area contributed by atoms with Crippen molar-refractivity contribution in [2.75, 3.05) is 0 Å². The third kappa shape index (κ3) is 2.68. The average Bonchev–Trinajstić information content (AvgIpc) is 2.96. The van der Waals surface area contributed by atoms with Crippen LogP contribution >= 0.6 is 0 Å². The molecule has 116 valence electrons. The van der Waals surface area contributed by atoms with Crippen molar-refractivity contribution in [3.05, 3.63) is 64.3 Å². The molecule has 0 aliphatic rings. The zero-order chi connectivity index (χ0) is 16.6. The first-order valence-corrected chi connectivity index (χ1v) is 7.57. The maximum atomic E-state index is 11.4. The van der Waals surface area contributed by atoms with Crippen LogP contribution in [0.1, 0.15) is 32.7 Å². The molecule has 2 aromatic carbocycles. The molecule has 0 radical (unpaired) electrons. The summed E-state index contributed by atoms with van der Waals surface area (Å²) in [6.45, 7) is 8.20. The lowest BCUT2D eigenvalue weighted by Crippen LogP contribution is -2.03. The average molecular weight is 305 g/mol. The Balaban J connectivity index is 2.28. The summed E-state index contributed by atoms with van der Waals surface area (Å²) in [7, 11) is 0. The fourth-order valence-corrected chi connectivity index (χ4v) is 2.65. The molecule has 0 aliphatic carbocycles. The molecule has 0 atom stereocenters. The number of hydrogen-bond donors (Lipinski definition) is 0. The second kappa shape index (κ2) is 5.80. The number of nitrogens with zero attached hydrogens (tertiary/aromatic N) is 3. The Hall–Kier alpha value is -2.75. The van der Waals surface area contributed by atoms with E-state index >= 15 is 0 Å². The van der Waals surface area contributed by atoms with Crippen LogP contribution in [0, 0.1) is 27.7 Å². The summed E-state index contributed by atoms with van der Waals surface area (Å²) < 4.78 is 1.76.